The Labute approximate surface area is 123 Å². The Hall–Kier alpha value is -2.43. The first-order chi connectivity index (χ1) is 10.1. The van der Waals surface area contributed by atoms with Crippen LogP contribution in [-0.4, -0.2) is 27.6 Å². The van der Waals surface area contributed by atoms with Crippen molar-refractivity contribution in [3.8, 4) is 0 Å². The van der Waals surface area contributed by atoms with Crippen molar-refractivity contribution >= 4 is 11.8 Å². The topological polar surface area (TPSA) is 66.3 Å². The lowest BCUT2D eigenvalue weighted by atomic mass is 10.0. The predicted molar refractivity (Wildman–Crippen MR) is 79.5 cm³/mol. The highest BCUT2D eigenvalue weighted by Gasteiger charge is 2.27. The summed E-state index contributed by atoms with van der Waals surface area (Å²) < 4.78 is 0. The highest BCUT2D eigenvalue weighted by Crippen LogP contribution is 2.35. The Morgan fingerprint density at radius 3 is 2.86 bits per heavy atom. The van der Waals surface area contributed by atoms with Gasteiger partial charge in [-0.25, -0.2) is 14.8 Å². The molecule has 1 unspecified atom stereocenters. The molecule has 5 nitrogen and oxygen atoms in total. The molecule has 0 amide bonds. The Kier molecular flexibility index (Phi) is 3.56. The monoisotopic (exact) mass is 283 g/mol. The molecule has 1 aromatic carbocycles. The van der Waals surface area contributed by atoms with E-state index in [2.05, 4.69) is 46.1 Å². The minimum Gasteiger partial charge on any atom is -0.476 e. The first kappa shape index (κ1) is 13.5. The predicted octanol–water partition coefficient (Wildman–Crippen LogP) is 2.82. The van der Waals surface area contributed by atoms with Gasteiger partial charge < -0.3 is 10.0 Å². The van der Waals surface area contributed by atoms with Gasteiger partial charge in [-0.3, -0.25) is 0 Å². The summed E-state index contributed by atoms with van der Waals surface area (Å²) >= 11 is 0. The van der Waals surface area contributed by atoms with Crippen LogP contribution in [0.5, 0.6) is 0 Å². The zero-order chi connectivity index (χ0) is 14.8. The van der Waals surface area contributed by atoms with Gasteiger partial charge in [0.15, 0.2) is 5.69 Å². The Bertz CT molecular complexity index is 655. The van der Waals surface area contributed by atoms with Crippen LogP contribution in [0.1, 0.15) is 40.5 Å². The third kappa shape index (κ3) is 2.72. The first-order valence-corrected chi connectivity index (χ1v) is 7.04. The summed E-state index contributed by atoms with van der Waals surface area (Å²) in [6, 6.07) is 8.77. The number of carboxylic acid groups (broad SMARTS) is 1. The molecule has 1 N–H and O–H groups in total. The van der Waals surface area contributed by atoms with Gasteiger partial charge in [-0.05, 0) is 25.3 Å². The fourth-order valence-electron chi connectivity index (χ4n) is 2.84. The van der Waals surface area contributed by atoms with Crippen LogP contribution in [0.15, 0.2) is 36.7 Å². The number of anilines is 1. The average molecular weight is 283 g/mol. The lowest BCUT2D eigenvalue weighted by Gasteiger charge is -2.26. The molecule has 1 atom stereocenters. The molecule has 0 saturated carbocycles. The fraction of sp³-hybridized carbons (Fsp3) is 0.312. The molecule has 1 aromatic heterocycles. The highest BCUT2D eigenvalue weighted by atomic mass is 16.4. The van der Waals surface area contributed by atoms with E-state index in [1.807, 2.05) is 0 Å². The molecule has 2 heterocycles. The van der Waals surface area contributed by atoms with Crippen molar-refractivity contribution in [1.29, 1.82) is 0 Å². The van der Waals surface area contributed by atoms with E-state index in [1.54, 1.807) is 6.20 Å². The normalized spacial score (nSPS) is 18.0. The molecule has 3 rings (SSSR count). The summed E-state index contributed by atoms with van der Waals surface area (Å²) in [6.45, 7) is 3.00. The minimum atomic E-state index is -1.05. The summed E-state index contributed by atoms with van der Waals surface area (Å²) in [6.07, 6.45) is 5.05. The quantitative estimate of drug-likeness (QED) is 0.938. The SMILES string of the molecule is Cc1cccc(C2CCCN2c2cnc(C(=O)O)cn2)c1. The largest absolute Gasteiger partial charge is 0.476 e. The highest BCUT2D eigenvalue weighted by molar-refractivity contribution is 5.84. The van der Waals surface area contributed by atoms with Crippen LogP contribution in [0.4, 0.5) is 5.82 Å². The van der Waals surface area contributed by atoms with Crippen LogP contribution in [-0.2, 0) is 0 Å². The van der Waals surface area contributed by atoms with Gasteiger partial charge in [0.1, 0.15) is 5.82 Å². The van der Waals surface area contributed by atoms with E-state index in [0.717, 1.165) is 25.2 Å². The second kappa shape index (κ2) is 5.52. The fourth-order valence-corrected chi connectivity index (χ4v) is 2.84. The minimum absolute atomic E-state index is 0.0231. The number of hydrogen-bond donors (Lipinski definition) is 1. The van der Waals surface area contributed by atoms with Crippen LogP contribution < -0.4 is 4.90 Å². The van der Waals surface area contributed by atoms with Gasteiger partial charge in [-0.2, -0.15) is 0 Å². The van der Waals surface area contributed by atoms with E-state index in [0.29, 0.717) is 0 Å². The van der Waals surface area contributed by atoms with E-state index >= 15 is 0 Å². The number of rotatable bonds is 3. The van der Waals surface area contributed by atoms with E-state index in [9.17, 15) is 4.79 Å². The molecule has 21 heavy (non-hydrogen) atoms. The van der Waals surface area contributed by atoms with E-state index < -0.39 is 5.97 Å². The number of benzene rings is 1. The van der Waals surface area contributed by atoms with Crippen LogP contribution >= 0.6 is 0 Å². The number of carboxylic acids is 1. The Balaban J connectivity index is 1.88. The van der Waals surface area contributed by atoms with Gasteiger partial charge in [0, 0.05) is 6.54 Å². The Morgan fingerprint density at radius 2 is 2.19 bits per heavy atom. The number of hydrogen-bond acceptors (Lipinski definition) is 4. The van der Waals surface area contributed by atoms with Gasteiger partial charge in [-0.1, -0.05) is 29.8 Å². The molecule has 1 aliphatic rings. The molecule has 1 fully saturated rings. The number of aryl methyl sites for hydroxylation is 1. The van der Waals surface area contributed by atoms with Gasteiger partial charge in [-0.15, -0.1) is 0 Å². The number of nitrogens with zero attached hydrogens (tertiary/aromatic N) is 3. The molecule has 0 spiro atoms. The Morgan fingerprint density at radius 1 is 1.33 bits per heavy atom. The van der Waals surface area contributed by atoms with Crippen molar-refractivity contribution in [1.82, 2.24) is 9.97 Å². The smallest absolute Gasteiger partial charge is 0.356 e. The summed E-state index contributed by atoms with van der Waals surface area (Å²) in [5.74, 6) is -0.310. The molecule has 2 aromatic rings. The van der Waals surface area contributed by atoms with E-state index in [4.69, 9.17) is 5.11 Å². The average Bonchev–Trinajstić information content (AvgIpc) is 2.97. The third-order valence-electron chi connectivity index (χ3n) is 3.83. The second-order valence-electron chi connectivity index (χ2n) is 5.33. The van der Waals surface area contributed by atoms with Crippen molar-refractivity contribution in [2.24, 2.45) is 0 Å². The summed E-state index contributed by atoms with van der Waals surface area (Å²) in [5, 5.41) is 8.89. The molecule has 0 bridgehead atoms. The van der Waals surface area contributed by atoms with Crippen LogP contribution in [0, 0.1) is 6.92 Å². The van der Waals surface area contributed by atoms with Gasteiger partial charge in [0.2, 0.25) is 0 Å². The zero-order valence-electron chi connectivity index (χ0n) is 11.9. The zero-order valence-corrected chi connectivity index (χ0v) is 11.9. The molecular weight excluding hydrogens is 266 g/mol. The van der Waals surface area contributed by atoms with Crippen LogP contribution in [0.2, 0.25) is 0 Å². The number of carbonyl (C=O) groups is 1. The summed E-state index contributed by atoms with van der Waals surface area (Å²) in [7, 11) is 0. The van der Waals surface area contributed by atoms with Crippen molar-refractivity contribution in [2.75, 3.05) is 11.4 Å². The van der Waals surface area contributed by atoms with Crippen molar-refractivity contribution < 1.29 is 9.90 Å². The second-order valence-corrected chi connectivity index (χ2v) is 5.33. The van der Waals surface area contributed by atoms with Gasteiger partial charge in [0.25, 0.3) is 0 Å². The number of aromatic carboxylic acids is 1. The number of aromatic nitrogens is 2. The molecule has 1 saturated heterocycles. The summed E-state index contributed by atoms with van der Waals surface area (Å²) in [4.78, 5) is 21.3. The molecule has 0 aliphatic carbocycles. The van der Waals surface area contributed by atoms with Crippen LogP contribution in [0.3, 0.4) is 0 Å². The standard InChI is InChI=1S/C16H17N3O2/c1-11-4-2-5-12(8-11)14-6-3-7-19(14)15-10-17-13(9-18-15)16(20)21/h2,4-5,8-10,14H,3,6-7H2,1H3,(H,20,21). The van der Waals surface area contributed by atoms with Gasteiger partial charge >= 0.3 is 5.97 Å². The van der Waals surface area contributed by atoms with E-state index in [1.165, 1.54) is 17.3 Å². The molecule has 1 aliphatic heterocycles. The third-order valence-corrected chi connectivity index (χ3v) is 3.83. The van der Waals surface area contributed by atoms with Crippen molar-refractivity contribution in [3.63, 3.8) is 0 Å². The maximum atomic E-state index is 10.8. The van der Waals surface area contributed by atoms with E-state index in [-0.39, 0.29) is 11.7 Å². The summed E-state index contributed by atoms with van der Waals surface area (Å²) in [5.41, 5.74) is 2.49. The van der Waals surface area contributed by atoms with Crippen LogP contribution in [0.25, 0.3) is 0 Å². The maximum Gasteiger partial charge on any atom is 0.356 e. The molecule has 0 radical (unpaired) electrons. The molecular formula is C16H17N3O2. The maximum absolute atomic E-state index is 10.8. The first-order valence-electron chi connectivity index (χ1n) is 7.04. The molecule has 5 heteroatoms. The van der Waals surface area contributed by atoms with Crippen molar-refractivity contribution in [3.05, 3.63) is 53.5 Å². The lowest BCUT2D eigenvalue weighted by Crippen LogP contribution is -2.24. The van der Waals surface area contributed by atoms with Gasteiger partial charge in [0.05, 0.1) is 18.4 Å². The molecule has 108 valence electrons. The van der Waals surface area contributed by atoms with Crippen molar-refractivity contribution in [2.45, 2.75) is 25.8 Å². The lowest BCUT2D eigenvalue weighted by molar-refractivity contribution is 0.0690.